The maximum atomic E-state index is 9.60. The Hall–Kier alpha value is -1.92. The summed E-state index contributed by atoms with van der Waals surface area (Å²) in [6.45, 7) is 3.54. The van der Waals surface area contributed by atoms with Crippen molar-refractivity contribution >= 4 is 17.9 Å². The number of aryl methyl sites for hydroxylation is 1. The molecule has 5 N–H and O–H groups in total. The summed E-state index contributed by atoms with van der Waals surface area (Å²) in [5, 5.41) is 7.91. The van der Waals surface area contributed by atoms with Gasteiger partial charge in [-0.2, -0.15) is 15.0 Å². The van der Waals surface area contributed by atoms with Gasteiger partial charge in [-0.15, -0.1) is 0 Å². The quantitative estimate of drug-likeness (QED) is 0.640. The van der Waals surface area contributed by atoms with Crippen molar-refractivity contribution in [2.24, 2.45) is 0 Å². The van der Waals surface area contributed by atoms with Gasteiger partial charge >= 0.3 is 5.97 Å². The molecule has 0 saturated heterocycles. The highest BCUT2D eigenvalue weighted by molar-refractivity contribution is 5.66. The van der Waals surface area contributed by atoms with E-state index in [0.717, 1.165) is 6.42 Å². The first-order valence-electron chi connectivity index (χ1n) is 4.41. The van der Waals surface area contributed by atoms with E-state index in [0.29, 0.717) is 12.2 Å². The van der Waals surface area contributed by atoms with Crippen molar-refractivity contribution in [2.75, 3.05) is 11.5 Å². The van der Waals surface area contributed by atoms with E-state index < -0.39 is 5.97 Å². The SMILES string of the molecule is CCCC(=O)O.Cc1nc(N)nc(N)n1. The third-order valence-corrected chi connectivity index (χ3v) is 1.25. The van der Waals surface area contributed by atoms with Gasteiger partial charge in [-0.05, 0) is 13.3 Å². The van der Waals surface area contributed by atoms with Crippen LogP contribution in [0.1, 0.15) is 25.6 Å². The standard InChI is InChI=1S/C4H7N5.C4H8O2/c1-2-7-3(5)9-4(6)8-2;1-2-3-4(5)6/h1H3,(H4,5,6,7,8,9);2-3H2,1H3,(H,5,6). The molecule has 0 aliphatic carbocycles. The van der Waals surface area contributed by atoms with Gasteiger partial charge in [0.2, 0.25) is 11.9 Å². The van der Waals surface area contributed by atoms with Gasteiger partial charge in [-0.3, -0.25) is 4.79 Å². The molecule has 0 amide bonds. The molecule has 1 aromatic heterocycles. The minimum absolute atomic E-state index is 0.167. The lowest BCUT2D eigenvalue weighted by molar-refractivity contribution is -0.137. The zero-order valence-electron chi connectivity index (χ0n) is 8.77. The predicted octanol–water partition coefficient (Wildman–Crippen LogP) is 0.216. The molecule has 84 valence electrons. The molecule has 0 bridgehead atoms. The van der Waals surface area contributed by atoms with Crippen LogP contribution in [0.3, 0.4) is 0 Å². The number of nitrogen functional groups attached to an aromatic ring is 2. The zero-order chi connectivity index (χ0) is 11.8. The van der Waals surface area contributed by atoms with Crippen molar-refractivity contribution in [2.45, 2.75) is 26.7 Å². The number of carboxylic acids is 1. The summed E-state index contributed by atoms with van der Waals surface area (Å²) >= 11 is 0. The van der Waals surface area contributed by atoms with Crippen LogP contribution < -0.4 is 11.5 Å². The first-order chi connectivity index (χ1) is 6.95. The third kappa shape index (κ3) is 7.17. The van der Waals surface area contributed by atoms with Crippen LogP contribution in [0.15, 0.2) is 0 Å². The lowest BCUT2D eigenvalue weighted by atomic mass is 10.4. The van der Waals surface area contributed by atoms with Crippen LogP contribution in [0.25, 0.3) is 0 Å². The topological polar surface area (TPSA) is 128 Å². The van der Waals surface area contributed by atoms with E-state index in [9.17, 15) is 4.79 Å². The number of aromatic nitrogens is 3. The Morgan fingerprint density at radius 2 is 1.73 bits per heavy atom. The highest BCUT2D eigenvalue weighted by Gasteiger charge is 1.93. The van der Waals surface area contributed by atoms with E-state index in [-0.39, 0.29) is 11.9 Å². The summed E-state index contributed by atoms with van der Waals surface area (Å²) in [7, 11) is 0. The minimum atomic E-state index is -0.711. The summed E-state index contributed by atoms with van der Waals surface area (Å²) in [5.74, 6) is 0.164. The third-order valence-electron chi connectivity index (χ3n) is 1.25. The number of hydrogen-bond donors (Lipinski definition) is 3. The second kappa shape index (κ2) is 6.52. The van der Waals surface area contributed by atoms with E-state index in [1.54, 1.807) is 6.92 Å². The Morgan fingerprint density at radius 3 is 1.93 bits per heavy atom. The van der Waals surface area contributed by atoms with Gasteiger partial charge < -0.3 is 16.6 Å². The molecule has 0 unspecified atom stereocenters. The van der Waals surface area contributed by atoms with Crippen LogP contribution in [-0.4, -0.2) is 26.0 Å². The van der Waals surface area contributed by atoms with Crippen molar-refractivity contribution < 1.29 is 9.90 Å². The van der Waals surface area contributed by atoms with Gasteiger partial charge in [0.05, 0.1) is 0 Å². The molecule has 0 saturated carbocycles. The maximum absolute atomic E-state index is 9.60. The summed E-state index contributed by atoms with van der Waals surface area (Å²) in [6, 6.07) is 0. The molecule has 0 fully saturated rings. The van der Waals surface area contributed by atoms with Gasteiger partial charge in [-0.1, -0.05) is 6.92 Å². The van der Waals surface area contributed by atoms with E-state index in [1.165, 1.54) is 0 Å². The summed E-state index contributed by atoms with van der Waals surface area (Å²) < 4.78 is 0. The second-order valence-electron chi connectivity index (χ2n) is 2.74. The van der Waals surface area contributed by atoms with Gasteiger partial charge in [0.1, 0.15) is 5.82 Å². The number of carboxylic acid groups (broad SMARTS) is 1. The van der Waals surface area contributed by atoms with Crippen molar-refractivity contribution in [3.8, 4) is 0 Å². The van der Waals surface area contributed by atoms with E-state index in [4.69, 9.17) is 16.6 Å². The average Bonchev–Trinajstić information content (AvgIpc) is 2.00. The first-order valence-corrected chi connectivity index (χ1v) is 4.41. The van der Waals surface area contributed by atoms with Crippen molar-refractivity contribution in [3.05, 3.63) is 5.82 Å². The number of carbonyl (C=O) groups is 1. The Balaban J connectivity index is 0.000000288. The van der Waals surface area contributed by atoms with Crippen molar-refractivity contribution in [1.29, 1.82) is 0 Å². The highest BCUT2D eigenvalue weighted by Crippen LogP contribution is 1.94. The average molecular weight is 213 g/mol. The lowest BCUT2D eigenvalue weighted by Gasteiger charge is -1.93. The van der Waals surface area contributed by atoms with Gasteiger partial charge in [0.15, 0.2) is 0 Å². The normalized spacial score (nSPS) is 8.93. The van der Waals surface area contributed by atoms with Crippen LogP contribution in [0, 0.1) is 6.92 Å². The number of nitrogens with zero attached hydrogens (tertiary/aromatic N) is 3. The molecule has 0 aliphatic heterocycles. The molecule has 1 heterocycles. The number of nitrogens with two attached hydrogens (primary N) is 2. The molecule has 7 heteroatoms. The van der Waals surface area contributed by atoms with Crippen LogP contribution in [0.4, 0.5) is 11.9 Å². The Bertz CT molecular complexity index is 278. The molecular weight excluding hydrogens is 198 g/mol. The number of anilines is 2. The van der Waals surface area contributed by atoms with Gasteiger partial charge in [-0.25, -0.2) is 0 Å². The van der Waals surface area contributed by atoms with E-state index in [1.807, 2.05) is 6.92 Å². The van der Waals surface area contributed by atoms with Gasteiger partial charge in [0.25, 0.3) is 0 Å². The Labute approximate surface area is 87.6 Å². The Morgan fingerprint density at radius 1 is 1.27 bits per heavy atom. The number of aliphatic carboxylic acids is 1. The van der Waals surface area contributed by atoms with E-state index in [2.05, 4.69) is 15.0 Å². The molecule has 15 heavy (non-hydrogen) atoms. The summed E-state index contributed by atoms with van der Waals surface area (Å²) in [4.78, 5) is 20.6. The predicted molar refractivity (Wildman–Crippen MR) is 55.9 cm³/mol. The second-order valence-corrected chi connectivity index (χ2v) is 2.74. The molecule has 0 aromatic carbocycles. The fourth-order valence-corrected chi connectivity index (χ4v) is 0.738. The molecule has 0 atom stereocenters. The monoisotopic (exact) mass is 213 g/mol. The largest absolute Gasteiger partial charge is 0.481 e. The van der Waals surface area contributed by atoms with Crippen molar-refractivity contribution in [1.82, 2.24) is 15.0 Å². The fourth-order valence-electron chi connectivity index (χ4n) is 0.738. The Kier molecular flexibility index (Phi) is 5.69. The van der Waals surface area contributed by atoms with Gasteiger partial charge in [0, 0.05) is 6.42 Å². The molecule has 0 radical (unpaired) electrons. The molecule has 1 aromatic rings. The molecular formula is C8H15N5O2. The van der Waals surface area contributed by atoms with Crippen LogP contribution >= 0.6 is 0 Å². The number of rotatable bonds is 2. The maximum Gasteiger partial charge on any atom is 0.303 e. The van der Waals surface area contributed by atoms with Crippen molar-refractivity contribution in [3.63, 3.8) is 0 Å². The van der Waals surface area contributed by atoms with E-state index >= 15 is 0 Å². The fraction of sp³-hybridized carbons (Fsp3) is 0.500. The summed E-state index contributed by atoms with van der Waals surface area (Å²) in [5.41, 5.74) is 10.4. The van der Waals surface area contributed by atoms with Crippen LogP contribution in [0.2, 0.25) is 0 Å². The first kappa shape index (κ1) is 13.1. The smallest absolute Gasteiger partial charge is 0.303 e. The zero-order valence-corrected chi connectivity index (χ0v) is 8.77. The molecule has 0 aliphatic rings. The molecule has 1 rings (SSSR count). The lowest BCUT2D eigenvalue weighted by Crippen LogP contribution is -2.03. The molecule has 7 nitrogen and oxygen atoms in total. The number of hydrogen-bond acceptors (Lipinski definition) is 6. The molecule has 0 spiro atoms. The van der Waals surface area contributed by atoms with Crippen LogP contribution in [-0.2, 0) is 4.79 Å². The minimum Gasteiger partial charge on any atom is -0.481 e. The highest BCUT2D eigenvalue weighted by atomic mass is 16.4. The van der Waals surface area contributed by atoms with Crippen LogP contribution in [0.5, 0.6) is 0 Å². The summed E-state index contributed by atoms with van der Waals surface area (Å²) in [6.07, 6.45) is 1.02.